The van der Waals surface area contributed by atoms with Gasteiger partial charge in [-0.05, 0) is 39.5 Å². The third kappa shape index (κ3) is 9.88. The summed E-state index contributed by atoms with van der Waals surface area (Å²) in [6, 6.07) is 41.5. The second-order valence-corrected chi connectivity index (χ2v) is 20.6. The van der Waals surface area contributed by atoms with Gasteiger partial charge in [0.25, 0.3) is 0 Å². The zero-order valence-corrected chi connectivity index (χ0v) is 38.2. The molecule has 0 N–H and O–H groups in total. The van der Waals surface area contributed by atoms with Crippen LogP contribution in [0.15, 0.2) is 121 Å². The van der Waals surface area contributed by atoms with Crippen molar-refractivity contribution in [2.24, 2.45) is 11.3 Å². The minimum absolute atomic E-state index is 0.0380. The summed E-state index contributed by atoms with van der Waals surface area (Å²) in [5.74, 6) is 0.550. The Hall–Kier alpha value is -3.67. The first-order valence-electron chi connectivity index (χ1n) is 20.9. The molecule has 0 bridgehead atoms. The molecular formula is C55H62Zr. The summed E-state index contributed by atoms with van der Waals surface area (Å²) in [5.41, 5.74) is 18.3. The van der Waals surface area contributed by atoms with Gasteiger partial charge in [0.15, 0.2) is 0 Å². The fraction of sp³-hybridized carbons (Fsp3) is 0.364. The molecule has 1 saturated carbocycles. The molecule has 56 heavy (non-hydrogen) atoms. The quantitative estimate of drug-likeness (QED) is 0.156. The van der Waals surface area contributed by atoms with Crippen LogP contribution in [0.2, 0.25) is 0 Å². The molecule has 1 unspecified atom stereocenters. The second kappa shape index (κ2) is 17.4. The van der Waals surface area contributed by atoms with Crippen molar-refractivity contribution in [3.8, 4) is 33.4 Å². The fourth-order valence-electron chi connectivity index (χ4n) is 8.49. The molecule has 8 rings (SSSR count). The number of allylic oxidation sites excluding steroid dienone is 4. The van der Waals surface area contributed by atoms with Crippen molar-refractivity contribution in [2.75, 3.05) is 0 Å². The third-order valence-corrected chi connectivity index (χ3v) is 12.6. The van der Waals surface area contributed by atoms with E-state index in [-0.39, 0.29) is 10.8 Å². The van der Waals surface area contributed by atoms with Crippen LogP contribution >= 0.6 is 0 Å². The summed E-state index contributed by atoms with van der Waals surface area (Å²) in [7, 11) is 0. The van der Waals surface area contributed by atoms with E-state index < -0.39 is 0 Å². The van der Waals surface area contributed by atoms with Crippen LogP contribution in [0.4, 0.5) is 0 Å². The average molecular weight is 814 g/mol. The summed E-state index contributed by atoms with van der Waals surface area (Å²) in [6.07, 6.45) is 16.0. The molecule has 3 aliphatic rings. The van der Waals surface area contributed by atoms with Gasteiger partial charge >= 0.3 is 76.7 Å². The van der Waals surface area contributed by atoms with Gasteiger partial charge in [-0.3, -0.25) is 6.08 Å². The van der Waals surface area contributed by atoms with Crippen LogP contribution in [0, 0.1) is 30.4 Å². The summed E-state index contributed by atoms with van der Waals surface area (Å²) in [4.78, 5) is 0. The van der Waals surface area contributed by atoms with Crippen molar-refractivity contribution < 1.29 is 24.2 Å². The molecule has 0 radical (unpaired) electrons. The van der Waals surface area contributed by atoms with E-state index in [1.807, 2.05) is 0 Å². The zero-order valence-electron chi connectivity index (χ0n) is 35.8. The minimum atomic E-state index is 0.0380. The third-order valence-electron chi connectivity index (χ3n) is 11.9. The van der Waals surface area contributed by atoms with E-state index in [4.69, 9.17) is 0 Å². The predicted octanol–water partition coefficient (Wildman–Crippen LogP) is 15.0. The van der Waals surface area contributed by atoms with Crippen LogP contribution in [-0.2, 0) is 41.5 Å². The van der Waals surface area contributed by atoms with Crippen molar-refractivity contribution in [1.82, 2.24) is 0 Å². The molecule has 0 aliphatic heterocycles. The van der Waals surface area contributed by atoms with Gasteiger partial charge in [-0.25, -0.2) is 6.08 Å². The Kier molecular flexibility index (Phi) is 13.1. The molecule has 286 valence electrons. The maximum atomic E-state index is 3.88. The second-order valence-electron chi connectivity index (χ2n) is 18.7. The standard InChI is InChI=1S/C33H33.C13H19.C9H10.Zr/c1-32(2,3)30-20-26-24(18-28(30)22-13-9-7-10-14-22)17-25-19-29(23-15-11-8-12-16-23)31(21-27(25)26)33(4,5)6;1-11-6-7-12(10-11)13(2)8-4-3-5-9-13;1-3-9-6-4-8(2)5-7-9;/h7-16,18,20-21H,17H2,1-6H3;7,10-11H,3-5,8-9H2,1-2H3;4-7H,1-2H3;/q2*-1;;+2. The first kappa shape index (κ1) is 42.0. The topological polar surface area (TPSA) is 0 Å². The molecule has 5 aromatic carbocycles. The van der Waals surface area contributed by atoms with E-state index in [9.17, 15) is 0 Å². The molecule has 0 amide bonds. The molecule has 3 aliphatic carbocycles. The summed E-state index contributed by atoms with van der Waals surface area (Å²) < 4.78 is 1.46. The number of rotatable bonds is 4. The van der Waals surface area contributed by atoms with Crippen molar-refractivity contribution in [3.05, 3.63) is 166 Å². The Balaban J connectivity index is 0.000000188. The number of hydrogen-bond donors (Lipinski definition) is 0. The van der Waals surface area contributed by atoms with Crippen LogP contribution in [0.3, 0.4) is 0 Å². The van der Waals surface area contributed by atoms with E-state index in [1.165, 1.54) is 126 Å². The van der Waals surface area contributed by atoms with E-state index in [1.54, 1.807) is 5.57 Å². The van der Waals surface area contributed by atoms with Gasteiger partial charge in [-0.15, -0.1) is 28.8 Å². The maximum absolute atomic E-state index is 3.88. The number of benzene rings is 5. The molecule has 5 aromatic rings. The van der Waals surface area contributed by atoms with Gasteiger partial charge in [-0.2, -0.15) is 11.6 Å². The first-order valence-corrected chi connectivity index (χ1v) is 22.1. The van der Waals surface area contributed by atoms with Gasteiger partial charge in [0.05, 0.1) is 0 Å². The van der Waals surface area contributed by atoms with Crippen LogP contribution < -0.4 is 0 Å². The molecule has 1 atom stereocenters. The Labute approximate surface area is 354 Å². The zero-order chi connectivity index (χ0) is 40.3. The van der Waals surface area contributed by atoms with Crippen molar-refractivity contribution in [1.29, 1.82) is 0 Å². The Morgan fingerprint density at radius 1 is 0.696 bits per heavy atom. The average Bonchev–Trinajstić information content (AvgIpc) is 3.78. The van der Waals surface area contributed by atoms with Crippen LogP contribution in [-0.4, -0.2) is 3.21 Å². The van der Waals surface area contributed by atoms with E-state index >= 15 is 0 Å². The Morgan fingerprint density at radius 2 is 1.27 bits per heavy atom. The monoisotopic (exact) mass is 812 g/mol. The number of hydrogen-bond acceptors (Lipinski definition) is 0. The SMILES string of the molecule is CC(C)(C)c1cc2c([c-]c1-c1ccccc1)Cc1cc(-c3ccccc3)c(C(C)(C)C)cc1-2.CC1[C-]=CC(C2(C)CCCCC2)=C1.C[C](=[Zr+2])c1ccc(C)cc1. The molecule has 0 nitrogen and oxygen atoms in total. The Bertz CT molecular complexity index is 2090. The van der Waals surface area contributed by atoms with Gasteiger partial charge in [-0.1, -0.05) is 188 Å². The molecule has 0 aromatic heterocycles. The number of fused-ring (bicyclic) bond motifs is 3. The van der Waals surface area contributed by atoms with Gasteiger partial charge in [0, 0.05) is 0 Å². The molecule has 0 heterocycles. The fourth-order valence-corrected chi connectivity index (χ4v) is 8.90. The van der Waals surface area contributed by atoms with Crippen LogP contribution in [0.1, 0.15) is 128 Å². The molecular weight excluding hydrogens is 752 g/mol. The summed E-state index contributed by atoms with van der Waals surface area (Å²) >= 11 is 1.51. The van der Waals surface area contributed by atoms with Crippen LogP contribution in [0.5, 0.6) is 0 Å². The number of aryl methyl sites for hydroxylation is 1. The van der Waals surface area contributed by atoms with Gasteiger partial charge < -0.3 is 0 Å². The van der Waals surface area contributed by atoms with E-state index in [0.29, 0.717) is 11.3 Å². The van der Waals surface area contributed by atoms with Gasteiger partial charge in [0.2, 0.25) is 0 Å². The van der Waals surface area contributed by atoms with Gasteiger partial charge in [0.1, 0.15) is 0 Å². The normalized spacial score (nSPS) is 16.8. The van der Waals surface area contributed by atoms with Crippen molar-refractivity contribution in [2.45, 2.75) is 119 Å². The first-order chi connectivity index (χ1) is 26.5. The Morgan fingerprint density at radius 3 is 1.80 bits per heavy atom. The molecule has 0 saturated heterocycles. The van der Waals surface area contributed by atoms with Crippen molar-refractivity contribution in [3.63, 3.8) is 0 Å². The summed E-state index contributed by atoms with van der Waals surface area (Å²) in [6.45, 7) is 22.8. The summed E-state index contributed by atoms with van der Waals surface area (Å²) in [5, 5.41) is 0. The van der Waals surface area contributed by atoms with Crippen molar-refractivity contribution >= 4 is 3.21 Å². The molecule has 1 heteroatoms. The predicted molar refractivity (Wildman–Crippen MR) is 239 cm³/mol. The van der Waals surface area contributed by atoms with Crippen LogP contribution in [0.25, 0.3) is 33.4 Å². The molecule has 0 spiro atoms. The van der Waals surface area contributed by atoms with E-state index in [2.05, 4.69) is 197 Å². The van der Waals surface area contributed by atoms with E-state index in [0.717, 1.165) is 6.42 Å². The molecule has 1 fully saturated rings.